The van der Waals surface area contributed by atoms with Crippen LogP contribution >= 0.6 is 0 Å². The Morgan fingerprint density at radius 1 is 1.10 bits per heavy atom. The molecule has 2 heterocycles. The molecule has 0 bridgehead atoms. The van der Waals surface area contributed by atoms with Crippen LogP contribution in [0.4, 0.5) is 8.78 Å². The summed E-state index contributed by atoms with van der Waals surface area (Å²) in [6, 6.07) is 13.3. The number of carbonyl (C=O) groups excluding carboxylic acids is 2. The molecule has 0 saturated carbocycles. The number of imidazole rings is 1. The molecule has 1 unspecified atom stereocenters. The summed E-state index contributed by atoms with van der Waals surface area (Å²) in [6.07, 6.45) is -0.423. The monoisotopic (exact) mass is 412 g/mol. The Morgan fingerprint density at radius 3 is 2.53 bits per heavy atom. The van der Waals surface area contributed by atoms with Gasteiger partial charge in [-0.3, -0.25) is 9.59 Å². The van der Waals surface area contributed by atoms with E-state index in [1.54, 1.807) is 4.90 Å². The zero-order valence-corrected chi connectivity index (χ0v) is 16.3. The normalized spacial score (nSPS) is 15.0. The summed E-state index contributed by atoms with van der Waals surface area (Å²) in [7, 11) is 0. The second-order valence-corrected chi connectivity index (χ2v) is 7.40. The number of carbonyl (C=O) groups is 2. The lowest BCUT2D eigenvalue weighted by molar-refractivity contribution is -0.132. The van der Waals surface area contributed by atoms with Gasteiger partial charge in [-0.05, 0) is 36.6 Å². The number of benzene rings is 2. The number of hydrogen-bond acceptors (Lipinski definition) is 3. The Morgan fingerprint density at radius 2 is 1.83 bits per heavy atom. The molecule has 3 aromatic rings. The zero-order valence-electron chi connectivity index (χ0n) is 16.3. The van der Waals surface area contributed by atoms with Crippen LogP contribution in [0.15, 0.2) is 48.5 Å². The van der Waals surface area contributed by atoms with Crippen molar-refractivity contribution in [2.75, 3.05) is 13.1 Å². The number of H-pyrrole nitrogens is 1. The average molecular weight is 412 g/mol. The van der Waals surface area contributed by atoms with Crippen LogP contribution in [0.25, 0.3) is 11.0 Å². The fourth-order valence-electron chi connectivity index (χ4n) is 3.72. The van der Waals surface area contributed by atoms with Crippen LogP contribution in [0.1, 0.15) is 41.0 Å². The Labute approximate surface area is 172 Å². The smallest absolute Gasteiger partial charge is 0.295 e. The Hall–Kier alpha value is -3.29. The van der Waals surface area contributed by atoms with Gasteiger partial charge in [0, 0.05) is 25.1 Å². The second kappa shape index (κ2) is 8.61. The zero-order chi connectivity index (χ0) is 21.1. The molecule has 1 atom stereocenters. The Balaban J connectivity index is 1.55. The standard InChI is InChI=1S/C22H22F2N4O2/c23-19(24)20-25-16-9-8-15(13-17(16)26-20)21(29)27-18(12-14-6-2-1-3-7-14)22(30)28-10-4-5-11-28/h1-3,6-9,13,18-19H,4-5,10-12H2,(H,25,26)(H,27,29). The van der Waals surface area contributed by atoms with Crippen LogP contribution in [0.2, 0.25) is 0 Å². The molecule has 30 heavy (non-hydrogen) atoms. The predicted molar refractivity (Wildman–Crippen MR) is 108 cm³/mol. The van der Waals surface area contributed by atoms with Gasteiger partial charge in [-0.25, -0.2) is 13.8 Å². The van der Waals surface area contributed by atoms with Crippen LogP contribution in [-0.4, -0.2) is 45.8 Å². The van der Waals surface area contributed by atoms with Crippen LogP contribution in [0, 0.1) is 0 Å². The molecular formula is C22H22F2N4O2. The highest BCUT2D eigenvalue weighted by atomic mass is 19.3. The number of likely N-dealkylation sites (tertiary alicyclic amines) is 1. The number of rotatable bonds is 6. The summed E-state index contributed by atoms with van der Waals surface area (Å²) in [5, 5.41) is 2.84. The molecule has 0 aliphatic carbocycles. The number of amides is 2. The van der Waals surface area contributed by atoms with Gasteiger partial charge in [0.1, 0.15) is 6.04 Å². The van der Waals surface area contributed by atoms with E-state index in [4.69, 9.17) is 0 Å². The van der Waals surface area contributed by atoms with Gasteiger partial charge in [-0.2, -0.15) is 0 Å². The lowest BCUT2D eigenvalue weighted by Gasteiger charge is -2.24. The highest BCUT2D eigenvalue weighted by molar-refractivity contribution is 6.00. The number of aromatic amines is 1. The number of hydrogen-bond donors (Lipinski definition) is 2. The lowest BCUT2D eigenvalue weighted by atomic mass is 10.0. The number of alkyl halides is 2. The molecular weight excluding hydrogens is 390 g/mol. The number of halogens is 2. The molecule has 2 amide bonds. The summed E-state index contributed by atoms with van der Waals surface area (Å²) in [5.41, 5.74) is 1.93. The highest BCUT2D eigenvalue weighted by Gasteiger charge is 2.28. The van der Waals surface area contributed by atoms with Crippen molar-refractivity contribution < 1.29 is 18.4 Å². The third-order valence-corrected chi connectivity index (χ3v) is 5.27. The van der Waals surface area contributed by atoms with Crippen molar-refractivity contribution in [1.29, 1.82) is 0 Å². The van der Waals surface area contributed by atoms with E-state index < -0.39 is 24.2 Å². The summed E-state index contributed by atoms with van der Waals surface area (Å²) < 4.78 is 25.7. The predicted octanol–water partition coefficient (Wildman–Crippen LogP) is 3.46. The fraction of sp³-hybridized carbons (Fsp3) is 0.318. The molecule has 2 N–H and O–H groups in total. The first-order valence-electron chi connectivity index (χ1n) is 9.92. The average Bonchev–Trinajstić information content (AvgIpc) is 3.43. The van der Waals surface area contributed by atoms with Crippen molar-refractivity contribution in [2.24, 2.45) is 0 Å². The van der Waals surface area contributed by atoms with Crippen LogP contribution < -0.4 is 5.32 Å². The van der Waals surface area contributed by atoms with Gasteiger partial charge in [0.05, 0.1) is 11.0 Å². The summed E-state index contributed by atoms with van der Waals surface area (Å²) in [4.78, 5) is 34.0. The van der Waals surface area contributed by atoms with Gasteiger partial charge in [0.25, 0.3) is 12.3 Å². The molecule has 156 valence electrons. The summed E-state index contributed by atoms with van der Waals surface area (Å²) in [5.74, 6) is -0.973. The maximum Gasteiger partial charge on any atom is 0.295 e. The number of aromatic nitrogens is 2. The van der Waals surface area contributed by atoms with Crippen molar-refractivity contribution in [3.8, 4) is 0 Å². The maximum atomic E-state index is 13.0. The minimum atomic E-state index is -2.72. The minimum Gasteiger partial charge on any atom is -0.341 e. The van der Waals surface area contributed by atoms with E-state index in [0.29, 0.717) is 30.5 Å². The molecule has 1 fully saturated rings. The molecule has 8 heteroatoms. The topological polar surface area (TPSA) is 78.1 Å². The molecule has 2 aromatic carbocycles. The van der Waals surface area contributed by atoms with Gasteiger partial charge in [-0.15, -0.1) is 0 Å². The van der Waals surface area contributed by atoms with Crippen LogP contribution in [0.5, 0.6) is 0 Å². The fourth-order valence-corrected chi connectivity index (χ4v) is 3.72. The number of nitrogens with zero attached hydrogens (tertiary/aromatic N) is 2. The summed E-state index contributed by atoms with van der Waals surface area (Å²) in [6.45, 7) is 1.38. The Kier molecular flexibility index (Phi) is 5.74. The first-order valence-corrected chi connectivity index (χ1v) is 9.92. The van der Waals surface area contributed by atoms with Gasteiger partial charge >= 0.3 is 0 Å². The molecule has 1 aliphatic heterocycles. The quantitative estimate of drug-likeness (QED) is 0.651. The van der Waals surface area contributed by atoms with Gasteiger partial charge < -0.3 is 15.2 Å². The first kappa shape index (κ1) is 20.0. The molecule has 6 nitrogen and oxygen atoms in total. The summed E-state index contributed by atoms with van der Waals surface area (Å²) >= 11 is 0. The highest BCUT2D eigenvalue weighted by Crippen LogP contribution is 2.21. The van der Waals surface area contributed by atoms with Gasteiger partial charge in [0.15, 0.2) is 5.82 Å². The number of fused-ring (bicyclic) bond motifs is 1. The molecule has 0 radical (unpaired) electrons. The van der Waals surface area contributed by atoms with Gasteiger partial charge in [-0.1, -0.05) is 30.3 Å². The lowest BCUT2D eigenvalue weighted by Crippen LogP contribution is -2.49. The van der Waals surface area contributed by atoms with Crippen molar-refractivity contribution in [3.63, 3.8) is 0 Å². The molecule has 1 saturated heterocycles. The molecule has 4 rings (SSSR count). The van der Waals surface area contributed by atoms with Crippen LogP contribution in [-0.2, 0) is 11.2 Å². The Bertz CT molecular complexity index is 1050. The molecule has 0 spiro atoms. The maximum absolute atomic E-state index is 13.0. The van der Waals surface area contributed by atoms with E-state index in [0.717, 1.165) is 18.4 Å². The number of nitrogens with one attached hydrogen (secondary N) is 2. The van der Waals surface area contributed by atoms with Crippen molar-refractivity contribution in [2.45, 2.75) is 31.7 Å². The largest absolute Gasteiger partial charge is 0.341 e. The van der Waals surface area contributed by atoms with E-state index in [2.05, 4.69) is 15.3 Å². The van der Waals surface area contributed by atoms with Crippen LogP contribution in [0.3, 0.4) is 0 Å². The van der Waals surface area contributed by atoms with Crippen molar-refractivity contribution in [1.82, 2.24) is 20.2 Å². The third kappa shape index (κ3) is 4.32. The van der Waals surface area contributed by atoms with E-state index in [-0.39, 0.29) is 11.5 Å². The molecule has 1 aromatic heterocycles. The third-order valence-electron chi connectivity index (χ3n) is 5.27. The first-order chi connectivity index (χ1) is 14.5. The molecule has 1 aliphatic rings. The minimum absolute atomic E-state index is 0.104. The van der Waals surface area contributed by atoms with E-state index in [9.17, 15) is 18.4 Å². The van der Waals surface area contributed by atoms with Crippen molar-refractivity contribution >= 4 is 22.8 Å². The van der Waals surface area contributed by atoms with Crippen molar-refractivity contribution in [3.05, 3.63) is 65.5 Å². The van der Waals surface area contributed by atoms with E-state index >= 15 is 0 Å². The SMILES string of the molecule is O=C(NC(Cc1ccccc1)C(=O)N1CCCC1)c1ccc2nc(C(F)F)[nH]c2c1. The van der Waals surface area contributed by atoms with E-state index in [1.807, 2.05) is 30.3 Å². The van der Waals surface area contributed by atoms with E-state index in [1.165, 1.54) is 18.2 Å². The second-order valence-electron chi connectivity index (χ2n) is 7.40. The van der Waals surface area contributed by atoms with Gasteiger partial charge in [0.2, 0.25) is 5.91 Å².